The Bertz CT molecular complexity index is 424. The minimum atomic E-state index is -0.270. The molecule has 16 heavy (non-hydrogen) atoms. The van der Waals surface area contributed by atoms with Crippen LogP contribution in [0, 0.1) is 6.92 Å². The van der Waals surface area contributed by atoms with Crippen LogP contribution >= 0.6 is 0 Å². The largest absolute Gasteiger partial charge is 0.349 e. The number of azide groups is 1. The second kappa shape index (κ2) is 5.78. The minimum Gasteiger partial charge on any atom is -0.349 e. The van der Waals surface area contributed by atoms with Crippen molar-refractivity contribution in [3.8, 4) is 0 Å². The van der Waals surface area contributed by atoms with E-state index in [9.17, 15) is 4.79 Å². The molecule has 0 radical (unpaired) electrons. The summed E-state index contributed by atoms with van der Waals surface area (Å²) in [4.78, 5) is 13.9. The third kappa shape index (κ3) is 3.29. The molecule has 0 saturated heterocycles. The number of hydrogen-bond acceptors (Lipinski definition) is 2. The molecule has 1 amide bonds. The highest BCUT2D eigenvalue weighted by Crippen LogP contribution is 2.16. The first-order valence-electron chi connectivity index (χ1n) is 5.01. The molecule has 84 valence electrons. The topological polar surface area (TPSA) is 77.9 Å². The molecule has 0 spiro atoms. The van der Waals surface area contributed by atoms with Gasteiger partial charge in [0.15, 0.2) is 0 Å². The van der Waals surface area contributed by atoms with Crippen molar-refractivity contribution in [3.63, 3.8) is 0 Å². The van der Waals surface area contributed by atoms with Crippen LogP contribution in [-0.2, 0) is 4.79 Å². The summed E-state index contributed by atoms with van der Waals surface area (Å²) in [6.07, 6.45) is 0. The second-order valence-electron chi connectivity index (χ2n) is 3.53. The van der Waals surface area contributed by atoms with E-state index in [2.05, 4.69) is 15.3 Å². The van der Waals surface area contributed by atoms with E-state index in [1.54, 1.807) is 0 Å². The average Bonchev–Trinajstić information content (AvgIpc) is 2.26. The van der Waals surface area contributed by atoms with Crippen molar-refractivity contribution in [2.24, 2.45) is 5.11 Å². The van der Waals surface area contributed by atoms with Crippen molar-refractivity contribution in [2.45, 2.75) is 19.9 Å². The van der Waals surface area contributed by atoms with Gasteiger partial charge in [0, 0.05) is 4.91 Å². The number of nitrogens with one attached hydrogen (secondary N) is 1. The van der Waals surface area contributed by atoms with Crippen LogP contribution in [0.5, 0.6) is 0 Å². The van der Waals surface area contributed by atoms with E-state index in [4.69, 9.17) is 5.53 Å². The summed E-state index contributed by atoms with van der Waals surface area (Å²) in [7, 11) is 0. The molecule has 1 rings (SSSR count). The predicted octanol–water partition coefficient (Wildman–Crippen LogP) is 2.48. The van der Waals surface area contributed by atoms with Gasteiger partial charge in [-0.1, -0.05) is 29.4 Å². The van der Waals surface area contributed by atoms with Crippen LogP contribution in [0.1, 0.15) is 24.1 Å². The van der Waals surface area contributed by atoms with Crippen molar-refractivity contribution in [2.75, 3.05) is 6.54 Å². The standard InChI is InChI=1S/C11H14N4O/c1-8-5-3-4-6-10(8)9(2)14-11(16)7-13-15-12/h3-6,9H,7H2,1-2H3,(H,14,16). The van der Waals surface area contributed by atoms with Crippen molar-refractivity contribution in [1.29, 1.82) is 0 Å². The lowest BCUT2D eigenvalue weighted by molar-refractivity contribution is -0.120. The van der Waals surface area contributed by atoms with Gasteiger partial charge >= 0.3 is 0 Å². The SMILES string of the molecule is Cc1ccccc1C(C)NC(=O)CN=[N+]=[N-]. The monoisotopic (exact) mass is 218 g/mol. The molecule has 5 nitrogen and oxygen atoms in total. The first kappa shape index (κ1) is 12.1. The second-order valence-corrected chi connectivity index (χ2v) is 3.53. The van der Waals surface area contributed by atoms with Gasteiger partial charge in [0.2, 0.25) is 5.91 Å². The van der Waals surface area contributed by atoms with Crippen molar-refractivity contribution >= 4 is 5.91 Å². The Morgan fingerprint density at radius 2 is 2.25 bits per heavy atom. The van der Waals surface area contributed by atoms with E-state index >= 15 is 0 Å². The maximum absolute atomic E-state index is 11.3. The van der Waals surface area contributed by atoms with E-state index in [1.165, 1.54) is 0 Å². The molecule has 1 aromatic carbocycles. The Hall–Kier alpha value is -2.00. The Kier molecular flexibility index (Phi) is 4.36. The van der Waals surface area contributed by atoms with E-state index in [-0.39, 0.29) is 18.5 Å². The molecular weight excluding hydrogens is 204 g/mol. The molecule has 0 aliphatic carbocycles. The molecule has 0 bridgehead atoms. The molecule has 1 aromatic rings. The summed E-state index contributed by atoms with van der Waals surface area (Å²) in [5.74, 6) is -0.270. The number of amides is 1. The molecule has 1 atom stereocenters. The number of hydrogen-bond donors (Lipinski definition) is 1. The van der Waals surface area contributed by atoms with Crippen LogP contribution in [0.15, 0.2) is 29.4 Å². The zero-order chi connectivity index (χ0) is 12.0. The lowest BCUT2D eigenvalue weighted by Gasteiger charge is -2.15. The normalized spacial score (nSPS) is 11.4. The molecule has 0 saturated carbocycles. The zero-order valence-corrected chi connectivity index (χ0v) is 9.34. The highest BCUT2D eigenvalue weighted by Gasteiger charge is 2.10. The van der Waals surface area contributed by atoms with Crippen molar-refractivity contribution in [1.82, 2.24) is 5.32 Å². The van der Waals surface area contributed by atoms with Crippen molar-refractivity contribution < 1.29 is 4.79 Å². The molecular formula is C11H14N4O. The number of nitrogens with zero attached hydrogens (tertiary/aromatic N) is 3. The molecule has 0 aliphatic rings. The lowest BCUT2D eigenvalue weighted by atomic mass is 10.0. The van der Waals surface area contributed by atoms with Gasteiger partial charge in [-0.15, -0.1) is 0 Å². The van der Waals surface area contributed by atoms with Crippen LogP contribution in [-0.4, -0.2) is 12.5 Å². The fourth-order valence-electron chi connectivity index (χ4n) is 1.53. The smallest absolute Gasteiger partial charge is 0.226 e. The van der Waals surface area contributed by atoms with Crippen molar-refractivity contribution in [3.05, 3.63) is 45.8 Å². The summed E-state index contributed by atoms with van der Waals surface area (Å²) in [5.41, 5.74) is 10.3. The molecule has 0 aromatic heterocycles. The molecule has 1 unspecified atom stereocenters. The van der Waals surface area contributed by atoms with Crippen LogP contribution in [0.4, 0.5) is 0 Å². The van der Waals surface area contributed by atoms with Crippen LogP contribution in [0.2, 0.25) is 0 Å². The third-order valence-electron chi connectivity index (χ3n) is 2.31. The van der Waals surface area contributed by atoms with Crippen LogP contribution in [0.25, 0.3) is 10.4 Å². The molecule has 0 heterocycles. The number of carbonyl (C=O) groups is 1. The molecule has 0 aliphatic heterocycles. The fraction of sp³-hybridized carbons (Fsp3) is 0.364. The number of benzene rings is 1. The number of aryl methyl sites for hydroxylation is 1. The van der Waals surface area contributed by atoms with Gasteiger partial charge in [-0.3, -0.25) is 4.79 Å². The lowest BCUT2D eigenvalue weighted by Crippen LogP contribution is -2.28. The van der Waals surface area contributed by atoms with E-state index < -0.39 is 0 Å². The Morgan fingerprint density at radius 1 is 1.56 bits per heavy atom. The van der Waals surface area contributed by atoms with Gasteiger partial charge in [0.05, 0.1) is 6.04 Å². The Labute approximate surface area is 94.1 Å². The van der Waals surface area contributed by atoms with Crippen LogP contribution < -0.4 is 5.32 Å². The first-order chi connectivity index (χ1) is 7.65. The highest BCUT2D eigenvalue weighted by atomic mass is 16.1. The highest BCUT2D eigenvalue weighted by molar-refractivity contribution is 5.78. The molecule has 0 fully saturated rings. The summed E-state index contributed by atoms with van der Waals surface area (Å²) in [6, 6.07) is 7.76. The minimum absolute atomic E-state index is 0.0809. The van der Waals surface area contributed by atoms with Gasteiger partial charge in [0.25, 0.3) is 0 Å². The Morgan fingerprint density at radius 3 is 2.88 bits per heavy atom. The maximum Gasteiger partial charge on any atom is 0.226 e. The summed E-state index contributed by atoms with van der Waals surface area (Å²) >= 11 is 0. The molecule has 1 N–H and O–H groups in total. The zero-order valence-electron chi connectivity index (χ0n) is 9.34. The Balaban J connectivity index is 2.65. The van der Waals surface area contributed by atoms with Gasteiger partial charge in [-0.25, -0.2) is 0 Å². The maximum atomic E-state index is 11.3. The quantitative estimate of drug-likeness (QED) is 0.470. The van der Waals surface area contributed by atoms with Gasteiger partial charge in [-0.05, 0) is 30.5 Å². The fourth-order valence-corrected chi connectivity index (χ4v) is 1.53. The number of rotatable bonds is 4. The van der Waals surface area contributed by atoms with Gasteiger partial charge < -0.3 is 5.32 Å². The summed E-state index contributed by atoms with van der Waals surface area (Å²) in [6.45, 7) is 3.73. The van der Waals surface area contributed by atoms with E-state index in [0.717, 1.165) is 11.1 Å². The molecule has 5 heteroatoms. The summed E-state index contributed by atoms with van der Waals surface area (Å²) in [5, 5.41) is 5.98. The van der Waals surface area contributed by atoms with E-state index in [0.29, 0.717) is 0 Å². The van der Waals surface area contributed by atoms with Gasteiger partial charge in [0.1, 0.15) is 6.54 Å². The first-order valence-corrected chi connectivity index (χ1v) is 5.01. The van der Waals surface area contributed by atoms with E-state index in [1.807, 2.05) is 38.1 Å². The number of carbonyl (C=O) groups excluding carboxylic acids is 1. The van der Waals surface area contributed by atoms with Crippen LogP contribution in [0.3, 0.4) is 0 Å². The predicted molar refractivity (Wildman–Crippen MR) is 61.7 cm³/mol. The van der Waals surface area contributed by atoms with Gasteiger partial charge in [-0.2, -0.15) is 0 Å². The third-order valence-corrected chi connectivity index (χ3v) is 2.31. The average molecular weight is 218 g/mol. The summed E-state index contributed by atoms with van der Waals surface area (Å²) < 4.78 is 0.